The fourth-order valence-corrected chi connectivity index (χ4v) is 1.92. The highest BCUT2D eigenvalue weighted by molar-refractivity contribution is 6.03. The first-order chi connectivity index (χ1) is 9.91. The second-order valence-corrected chi connectivity index (χ2v) is 5.03. The van der Waals surface area contributed by atoms with Crippen LogP contribution in [0, 0.1) is 0 Å². The number of hydrogen-bond acceptors (Lipinski definition) is 4. The van der Waals surface area contributed by atoms with E-state index in [2.05, 4.69) is 15.3 Å². The minimum Gasteiger partial charge on any atom is -0.465 e. The van der Waals surface area contributed by atoms with Crippen molar-refractivity contribution in [2.75, 3.05) is 5.32 Å². The monoisotopic (exact) mass is 285 g/mol. The summed E-state index contributed by atoms with van der Waals surface area (Å²) < 4.78 is 0. The summed E-state index contributed by atoms with van der Waals surface area (Å²) in [7, 11) is 0. The first kappa shape index (κ1) is 14.6. The van der Waals surface area contributed by atoms with Crippen molar-refractivity contribution >= 4 is 17.7 Å². The van der Waals surface area contributed by atoms with Gasteiger partial charge in [0.2, 0.25) is 0 Å². The number of pyridine rings is 2. The molecule has 21 heavy (non-hydrogen) atoms. The zero-order valence-electron chi connectivity index (χ0n) is 11.7. The van der Waals surface area contributed by atoms with Crippen molar-refractivity contribution in [3.05, 3.63) is 54.0 Å². The van der Waals surface area contributed by atoms with E-state index in [4.69, 9.17) is 5.11 Å². The van der Waals surface area contributed by atoms with Gasteiger partial charge in [0.15, 0.2) is 5.78 Å². The molecule has 2 rings (SSSR count). The van der Waals surface area contributed by atoms with Gasteiger partial charge in [-0.15, -0.1) is 0 Å². The molecule has 2 N–H and O–H groups in total. The zero-order valence-corrected chi connectivity index (χ0v) is 11.7. The lowest BCUT2D eigenvalue weighted by Gasteiger charge is -2.22. The highest BCUT2D eigenvalue weighted by Gasteiger charge is 2.32. The summed E-state index contributed by atoms with van der Waals surface area (Å²) in [6.07, 6.45) is 1.80. The van der Waals surface area contributed by atoms with E-state index < -0.39 is 11.5 Å². The van der Waals surface area contributed by atoms with Crippen molar-refractivity contribution in [2.45, 2.75) is 19.3 Å². The smallest absolute Gasteiger partial charge is 0.410 e. The standard InChI is InChI=1S/C15H15N3O3/c1-15(2,11-5-3-4-8-16-11)13(19)10-6-7-12(17-9-10)18-14(20)21/h3-9H,1-2H3,(H,17,18)(H,20,21). The third-order valence-corrected chi connectivity index (χ3v) is 3.13. The van der Waals surface area contributed by atoms with Crippen LogP contribution in [0.25, 0.3) is 0 Å². The molecule has 0 aliphatic heterocycles. The average Bonchev–Trinajstić information content (AvgIpc) is 2.47. The Labute approximate surface area is 121 Å². The second kappa shape index (κ2) is 5.70. The number of nitrogens with zero attached hydrogens (tertiary/aromatic N) is 2. The Kier molecular flexibility index (Phi) is 3.98. The Balaban J connectivity index is 2.25. The summed E-state index contributed by atoms with van der Waals surface area (Å²) in [4.78, 5) is 31.2. The van der Waals surface area contributed by atoms with Crippen LogP contribution in [0.2, 0.25) is 0 Å². The number of amides is 1. The van der Waals surface area contributed by atoms with Gasteiger partial charge in [-0.2, -0.15) is 0 Å². The van der Waals surface area contributed by atoms with Crippen LogP contribution in [0.15, 0.2) is 42.7 Å². The van der Waals surface area contributed by atoms with E-state index >= 15 is 0 Å². The zero-order chi connectivity index (χ0) is 15.5. The summed E-state index contributed by atoms with van der Waals surface area (Å²) in [6.45, 7) is 3.59. The van der Waals surface area contributed by atoms with Gasteiger partial charge in [-0.05, 0) is 38.1 Å². The van der Waals surface area contributed by atoms with Crippen LogP contribution in [0.1, 0.15) is 29.9 Å². The number of anilines is 1. The number of ketones is 1. The predicted octanol–water partition coefficient (Wildman–Crippen LogP) is 2.73. The molecule has 6 heteroatoms. The quantitative estimate of drug-likeness (QED) is 0.843. The van der Waals surface area contributed by atoms with Crippen molar-refractivity contribution in [3.8, 4) is 0 Å². The minimum atomic E-state index is -1.20. The fraction of sp³-hybridized carbons (Fsp3) is 0.200. The van der Waals surface area contributed by atoms with Gasteiger partial charge in [0, 0.05) is 18.0 Å². The summed E-state index contributed by atoms with van der Waals surface area (Å²) in [5.41, 5.74) is 0.286. The Hall–Kier alpha value is -2.76. The van der Waals surface area contributed by atoms with Gasteiger partial charge in [0.1, 0.15) is 5.82 Å². The maximum Gasteiger partial charge on any atom is 0.410 e. The molecule has 0 unspecified atom stereocenters. The SMILES string of the molecule is CC(C)(C(=O)c1ccc(NC(=O)O)nc1)c1ccccn1. The summed E-state index contributed by atoms with van der Waals surface area (Å²) in [6, 6.07) is 8.42. The summed E-state index contributed by atoms with van der Waals surface area (Å²) in [5, 5.41) is 10.7. The molecular formula is C15H15N3O3. The highest BCUT2D eigenvalue weighted by atomic mass is 16.4. The molecule has 0 fully saturated rings. The number of Topliss-reactive ketones (excluding diaryl/α,β-unsaturated/α-hetero) is 1. The van der Waals surface area contributed by atoms with E-state index in [9.17, 15) is 9.59 Å². The molecule has 0 atom stereocenters. The minimum absolute atomic E-state index is 0.129. The molecule has 0 saturated carbocycles. The number of aromatic nitrogens is 2. The Bertz CT molecular complexity index is 652. The van der Waals surface area contributed by atoms with E-state index in [1.807, 2.05) is 6.07 Å². The lowest BCUT2D eigenvalue weighted by atomic mass is 9.81. The average molecular weight is 285 g/mol. The van der Waals surface area contributed by atoms with E-state index in [1.54, 1.807) is 38.2 Å². The molecular weight excluding hydrogens is 270 g/mol. The number of carboxylic acid groups (broad SMARTS) is 1. The lowest BCUT2D eigenvalue weighted by molar-refractivity contribution is 0.0905. The highest BCUT2D eigenvalue weighted by Crippen LogP contribution is 2.26. The molecule has 0 aliphatic rings. The molecule has 0 saturated heterocycles. The summed E-state index contributed by atoms with van der Waals surface area (Å²) in [5.74, 6) is 0.0465. The van der Waals surface area contributed by atoms with Crippen molar-refractivity contribution in [3.63, 3.8) is 0 Å². The van der Waals surface area contributed by atoms with Crippen molar-refractivity contribution in [1.82, 2.24) is 9.97 Å². The molecule has 0 radical (unpaired) electrons. The second-order valence-electron chi connectivity index (χ2n) is 5.03. The van der Waals surface area contributed by atoms with E-state index in [0.717, 1.165) is 0 Å². The van der Waals surface area contributed by atoms with Gasteiger partial charge in [0.05, 0.1) is 11.1 Å². The number of carbonyl (C=O) groups is 2. The van der Waals surface area contributed by atoms with Crippen LogP contribution >= 0.6 is 0 Å². The van der Waals surface area contributed by atoms with Crippen molar-refractivity contribution in [1.29, 1.82) is 0 Å². The molecule has 2 aromatic heterocycles. The number of carbonyl (C=O) groups excluding carboxylic acids is 1. The molecule has 0 aliphatic carbocycles. The maximum absolute atomic E-state index is 12.6. The maximum atomic E-state index is 12.6. The van der Waals surface area contributed by atoms with Gasteiger partial charge in [-0.3, -0.25) is 15.1 Å². The molecule has 0 spiro atoms. The Morgan fingerprint density at radius 1 is 1.14 bits per heavy atom. The number of hydrogen-bond donors (Lipinski definition) is 2. The predicted molar refractivity (Wildman–Crippen MR) is 77.5 cm³/mol. The van der Waals surface area contributed by atoms with Crippen LogP contribution in [-0.4, -0.2) is 27.0 Å². The van der Waals surface area contributed by atoms with Crippen LogP contribution in [-0.2, 0) is 5.41 Å². The third kappa shape index (κ3) is 3.22. The van der Waals surface area contributed by atoms with E-state index in [-0.39, 0.29) is 11.6 Å². The fourth-order valence-electron chi connectivity index (χ4n) is 1.92. The van der Waals surface area contributed by atoms with Crippen LogP contribution < -0.4 is 5.32 Å². The molecule has 2 heterocycles. The molecule has 1 amide bonds. The third-order valence-electron chi connectivity index (χ3n) is 3.13. The van der Waals surface area contributed by atoms with Gasteiger partial charge < -0.3 is 5.11 Å². The Morgan fingerprint density at radius 2 is 1.90 bits per heavy atom. The van der Waals surface area contributed by atoms with Gasteiger partial charge in [-0.1, -0.05) is 6.07 Å². The van der Waals surface area contributed by atoms with Gasteiger partial charge >= 0.3 is 6.09 Å². The van der Waals surface area contributed by atoms with Gasteiger partial charge in [0.25, 0.3) is 0 Å². The summed E-state index contributed by atoms with van der Waals surface area (Å²) >= 11 is 0. The van der Waals surface area contributed by atoms with E-state index in [1.165, 1.54) is 12.3 Å². The lowest BCUT2D eigenvalue weighted by Crippen LogP contribution is -2.30. The van der Waals surface area contributed by atoms with Crippen LogP contribution in [0.4, 0.5) is 10.6 Å². The molecule has 2 aromatic rings. The molecule has 0 aromatic carbocycles. The first-order valence-corrected chi connectivity index (χ1v) is 6.33. The molecule has 108 valence electrons. The Morgan fingerprint density at radius 3 is 2.43 bits per heavy atom. The largest absolute Gasteiger partial charge is 0.465 e. The molecule has 6 nitrogen and oxygen atoms in total. The normalized spacial score (nSPS) is 11.0. The number of nitrogens with one attached hydrogen (secondary N) is 1. The van der Waals surface area contributed by atoms with Crippen molar-refractivity contribution < 1.29 is 14.7 Å². The van der Waals surface area contributed by atoms with E-state index in [0.29, 0.717) is 11.3 Å². The van der Waals surface area contributed by atoms with Crippen molar-refractivity contribution in [2.24, 2.45) is 0 Å². The van der Waals surface area contributed by atoms with Crippen LogP contribution in [0.3, 0.4) is 0 Å². The first-order valence-electron chi connectivity index (χ1n) is 6.33. The topological polar surface area (TPSA) is 92.2 Å². The number of rotatable bonds is 4. The van der Waals surface area contributed by atoms with Crippen LogP contribution in [0.5, 0.6) is 0 Å². The molecule has 0 bridgehead atoms. The van der Waals surface area contributed by atoms with Gasteiger partial charge in [-0.25, -0.2) is 9.78 Å².